The van der Waals surface area contributed by atoms with E-state index in [-0.39, 0.29) is 11.5 Å². The van der Waals surface area contributed by atoms with E-state index in [9.17, 15) is 9.59 Å². The minimum absolute atomic E-state index is 0.116. The molecule has 0 bridgehead atoms. The number of pyridine rings is 1. The highest BCUT2D eigenvalue weighted by Gasteiger charge is 2.12. The lowest BCUT2D eigenvalue weighted by Crippen LogP contribution is -2.19. The summed E-state index contributed by atoms with van der Waals surface area (Å²) >= 11 is 0. The molecule has 0 aliphatic heterocycles. The summed E-state index contributed by atoms with van der Waals surface area (Å²) in [6.45, 7) is 1.77. The fourth-order valence-corrected chi connectivity index (χ4v) is 3.30. The lowest BCUT2D eigenvalue weighted by Gasteiger charge is -2.10. The zero-order valence-electron chi connectivity index (χ0n) is 16.7. The molecule has 4 rings (SSSR count). The Morgan fingerprint density at radius 2 is 1.93 bits per heavy atom. The van der Waals surface area contributed by atoms with E-state index >= 15 is 0 Å². The Kier molecular flexibility index (Phi) is 5.34. The first-order valence-corrected chi connectivity index (χ1v) is 9.56. The summed E-state index contributed by atoms with van der Waals surface area (Å²) in [6.07, 6.45) is 2.58. The average Bonchev–Trinajstić information content (AvgIpc) is 3.19. The Balaban J connectivity index is 1.53. The van der Waals surface area contributed by atoms with Crippen molar-refractivity contribution in [2.45, 2.75) is 19.8 Å². The molecule has 1 N–H and O–H groups in total. The smallest absolute Gasteiger partial charge is 0.264 e. The van der Waals surface area contributed by atoms with Crippen molar-refractivity contribution < 1.29 is 14.1 Å². The van der Waals surface area contributed by atoms with Crippen molar-refractivity contribution in [2.75, 3.05) is 12.4 Å². The Morgan fingerprint density at radius 1 is 1.13 bits per heavy atom. The van der Waals surface area contributed by atoms with E-state index in [4.69, 9.17) is 9.26 Å². The van der Waals surface area contributed by atoms with E-state index in [0.717, 1.165) is 11.3 Å². The van der Waals surface area contributed by atoms with E-state index in [1.165, 1.54) is 4.57 Å². The molecule has 7 heteroatoms. The SMILES string of the molecule is COc1ccc(CCC(=O)Nc2cccc3c(=O)n(-c4cc(C)on4)ccc23)cc1. The molecule has 7 nitrogen and oxygen atoms in total. The van der Waals surface area contributed by atoms with E-state index < -0.39 is 0 Å². The second kappa shape index (κ2) is 8.24. The maximum absolute atomic E-state index is 12.9. The highest BCUT2D eigenvalue weighted by Crippen LogP contribution is 2.22. The third-order valence-corrected chi connectivity index (χ3v) is 4.88. The first kappa shape index (κ1) is 19.4. The summed E-state index contributed by atoms with van der Waals surface area (Å²) < 4.78 is 11.6. The topological polar surface area (TPSA) is 86.4 Å². The quantitative estimate of drug-likeness (QED) is 0.528. The summed E-state index contributed by atoms with van der Waals surface area (Å²) in [7, 11) is 1.62. The van der Waals surface area contributed by atoms with Crippen molar-refractivity contribution in [1.82, 2.24) is 9.72 Å². The molecule has 2 heterocycles. The van der Waals surface area contributed by atoms with Crippen molar-refractivity contribution in [2.24, 2.45) is 0 Å². The van der Waals surface area contributed by atoms with Crippen LogP contribution in [0.25, 0.3) is 16.6 Å². The lowest BCUT2D eigenvalue weighted by molar-refractivity contribution is -0.116. The van der Waals surface area contributed by atoms with Crippen LogP contribution in [0, 0.1) is 6.92 Å². The number of aromatic nitrogens is 2. The van der Waals surface area contributed by atoms with Crippen LogP contribution in [0.4, 0.5) is 5.69 Å². The molecule has 1 amide bonds. The van der Waals surface area contributed by atoms with Crippen molar-refractivity contribution >= 4 is 22.4 Å². The van der Waals surface area contributed by atoms with E-state index in [0.29, 0.717) is 40.9 Å². The highest BCUT2D eigenvalue weighted by molar-refractivity contribution is 6.01. The molecule has 0 saturated heterocycles. The van der Waals surface area contributed by atoms with Gasteiger partial charge in [-0.15, -0.1) is 0 Å². The Labute approximate surface area is 172 Å². The predicted octanol–water partition coefficient (Wildman–Crippen LogP) is 3.87. The Morgan fingerprint density at radius 3 is 2.63 bits per heavy atom. The van der Waals surface area contributed by atoms with Crippen LogP contribution in [0.5, 0.6) is 5.75 Å². The molecule has 30 heavy (non-hydrogen) atoms. The minimum Gasteiger partial charge on any atom is -0.497 e. The standard InChI is InChI=1S/C23H21N3O4/c1-15-14-21(25-30-15)26-13-12-18-19(23(26)28)4-3-5-20(18)24-22(27)11-8-16-6-9-17(29-2)10-7-16/h3-7,9-10,12-14H,8,11H2,1-2H3,(H,24,27). The highest BCUT2D eigenvalue weighted by atomic mass is 16.5. The summed E-state index contributed by atoms with van der Waals surface area (Å²) in [5.41, 5.74) is 1.43. The third kappa shape index (κ3) is 3.96. The number of rotatable bonds is 6. The maximum atomic E-state index is 12.9. The van der Waals surface area contributed by atoms with E-state index in [1.807, 2.05) is 24.3 Å². The number of methoxy groups -OCH3 is 1. The zero-order chi connectivity index (χ0) is 21.1. The van der Waals surface area contributed by atoms with Crippen LogP contribution in [0.1, 0.15) is 17.7 Å². The van der Waals surface area contributed by atoms with Crippen molar-refractivity contribution in [3.05, 3.63) is 82.5 Å². The molecule has 0 saturated carbocycles. The number of amides is 1. The molecule has 4 aromatic rings. The van der Waals surface area contributed by atoms with Crippen LogP contribution in [0.2, 0.25) is 0 Å². The molecule has 0 unspecified atom stereocenters. The first-order valence-electron chi connectivity index (χ1n) is 9.56. The fourth-order valence-electron chi connectivity index (χ4n) is 3.30. The van der Waals surface area contributed by atoms with Gasteiger partial charge in [0, 0.05) is 35.1 Å². The van der Waals surface area contributed by atoms with Gasteiger partial charge in [-0.2, -0.15) is 0 Å². The van der Waals surface area contributed by atoms with Gasteiger partial charge in [-0.25, -0.2) is 0 Å². The van der Waals surface area contributed by atoms with Gasteiger partial charge >= 0.3 is 0 Å². The van der Waals surface area contributed by atoms with Crippen LogP contribution < -0.4 is 15.6 Å². The summed E-state index contributed by atoms with van der Waals surface area (Å²) in [4.78, 5) is 25.4. The molecular formula is C23H21N3O4. The molecule has 0 fully saturated rings. The summed E-state index contributed by atoms with van der Waals surface area (Å²) in [5.74, 6) is 1.71. The van der Waals surface area contributed by atoms with Crippen molar-refractivity contribution in [1.29, 1.82) is 0 Å². The van der Waals surface area contributed by atoms with Gasteiger partial charge < -0.3 is 14.6 Å². The number of ether oxygens (including phenoxy) is 1. The summed E-state index contributed by atoms with van der Waals surface area (Å²) in [6, 6.07) is 16.4. The van der Waals surface area contributed by atoms with Gasteiger partial charge in [0.1, 0.15) is 11.5 Å². The van der Waals surface area contributed by atoms with Crippen LogP contribution in [-0.4, -0.2) is 22.7 Å². The number of hydrogen-bond donors (Lipinski definition) is 1. The largest absolute Gasteiger partial charge is 0.497 e. The molecule has 0 aliphatic rings. The van der Waals surface area contributed by atoms with Gasteiger partial charge in [0.15, 0.2) is 5.82 Å². The van der Waals surface area contributed by atoms with Gasteiger partial charge in [0.25, 0.3) is 5.56 Å². The number of hydrogen-bond acceptors (Lipinski definition) is 5. The minimum atomic E-state index is -0.227. The number of carbonyl (C=O) groups is 1. The number of fused-ring (bicyclic) bond motifs is 1. The number of carbonyl (C=O) groups excluding carboxylic acids is 1. The number of aryl methyl sites for hydroxylation is 2. The maximum Gasteiger partial charge on any atom is 0.264 e. The molecular weight excluding hydrogens is 382 g/mol. The van der Waals surface area contributed by atoms with Crippen molar-refractivity contribution in [3.63, 3.8) is 0 Å². The fraction of sp³-hybridized carbons (Fsp3) is 0.174. The van der Waals surface area contributed by atoms with Crippen molar-refractivity contribution in [3.8, 4) is 11.6 Å². The monoisotopic (exact) mass is 403 g/mol. The molecule has 2 aromatic heterocycles. The average molecular weight is 403 g/mol. The molecule has 0 aliphatic carbocycles. The van der Waals surface area contributed by atoms with Gasteiger partial charge in [0.05, 0.1) is 7.11 Å². The number of nitrogens with one attached hydrogen (secondary N) is 1. The number of anilines is 1. The zero-order valence-corrected chi connectivity index (χ0v) is 16.7. The molecule has 2 aromatic carbocycles. The second-order valence-electron chi connectivity index (χ2n) is 6.95. The van der Waals surface area contributed by atoms with Gasteiger partial charge in [-0.1, -0.05) is 23.4 Å². The molecule has 152 valence electrons. The van der Waals surface area contributed by atoms with Crippen LogP contribution in [-0.2, 0) is 11.2 Å². The molecule has 0 radical (unpaired) electrons. The predicted molar refractivity (Wildman–Crippen MR) is 114 cm³/mol. The summed E-state index contributed by atoms with van der Waals surface area (Å²) in [5, 5.41) is 7.99. The van der Waals surface area contributed by atoms with Crippen LogP contribution in [0.3, 0.4) is 0 Å². The van der Waals surface area contributed by atoms with Gasteiger partial charge in [-0.3, -0.25) is 14.2 Å². The van der Waals surface area contributed by atoms with Crippen LogP contribution >= 0.6 is 0 Å². The third-order valence-electron chi connectivity index (χ3n) is 4.88. The molecule has 0 spiro atoms. The van der Waals surface area contributed by atoms with E-state index in [1.54, 1.807) is 50.6 Å². The normalized spacial score (nSPS) is 10.9. The second-order valence-corrected chi connectivity index (χ2v) is 6.95. The van der Waals surface area contributed by atoms with Crippen LogP contribution in [0.15, 0.2) is 70.1 Å². The van der Waals surface area contributed by atoms with Gasteiger partial charge in [-0.05, 0) is 49.2 Å². The van der Waals surface area contributed by atoms with Gasteiger partial charge in [0.2, 0.25) is 5.91 Å². The van der Waals surface area contributed by atoms with E-state index in [2.05, 4.69) is 10.5 Å². The Hall–Kier alpha value is -3.87. The lowest BCUT2D eigenvalue weighted by atomic mass is 10.1. The number of nitrogens with zero attached hydrogens (tertiary/aromatic N) is 2. The Bertz CT molecular complexity index is 1260. The molecule has 0 atom stereocenters. The first-order chi connectivity index (χ1) is 14.5. The number of benzene rings is 2.